The van der Waals surface area contributed by atoms with Crippen LogP contribution in [0.4, 0.5) is 0 Å². The lowest BCUT2D eigenvalue weighted by molar-refractivity contribution is -0.161. The van der Waals surface area contributed by atoms with E-state index in [1.807, 2.05) is 0 Å². The predicted octanol–water partition coefficient (Wildman–Crippen LogP) is 10.7. The molecule has 5 nitrogen and oxygen atoms in total. The van der Waals surface area contributed by atoms with Crippen LogP contribution in [0.2, 0.25) is 0 Å². The lowest BCUT2D eigenvalue weighted by Gasteiger charge is -2.15. The Labute approximate surface area is 260 Å². The van der Waals surface area contributed by atoms with Crippen molar-refractivity contribution in [2.24, 2.45) is 0 Å². The van der Waals surface area contributed by atoms with E-state index in [1.165, 1.54) is 103 Å². The van der Waals surface area contributed by atoms with Gasteiger partial charge >= 0.3 is 11.9 Å². The number of ether oxygens (including phenoxy) is 2. The van der Waals surface area contributed by atoms with Gasteiger partial charge in [-0.3, -0.25) is 9.59 Å². The number of allylic oxidation sites excluding steroid dienone is 4. The summed E-state index contributed by atoms with van der Waals surface area (Å²) in [6.07, 6.45) is 38.0. The molecule has 0 amide bonds. The number of unbranched alkanes of at least 4 members (excludes halogenated alkanes) is 20. The van der Waals surface area contributed by atoms with Crippen molar-refractivity contribution in [3.8, 4) is 0 Å². The predicted molar refractivity (Wildman–Crippen MR) is 178 cm³/mol. The Morgan fingerprint density at radius 3 is 1.29 bits per heavy atom. The van der Waals surface area contributed by atoms with Crippen LogP contribution < -0.4 is 0 Å². The highest BCUT2D eigenvalue weighted by atomic mass is 16.6. The minimum atomic E-state index is -0.774. The second-order valence-corrected chi connectivity index (χ2v) is 11.9. The van der Waals surface area contributed by atoms with Crippen LogP contribution in [0.1, 0.15) is 181 Å². The monoisotopic (exact) mass is 593 g/mol. The normalized spacial score (nSPS) is 12.4. The third-order valence-corrected chi connectivity index (χ3v) is 7.72. The lowest BCUT2D eigenvalue weighted by atomic mass is 10.1. The number of hydrogen-bond donors (Lipinski definition) is 1. The molecule has 0 rings (SSSR count). The van der Waals surface area contributed by atoms with E-state index in [1.54, 1.807) is 0 Å². The van der Waals surface area contributed by atoms with Crippen LogP contribution in [0.15, 0.2) is 24.3 Å². The van der Waals surface area contributed by atoms with Crippen LogP contribution in [0.5, 0.6) is 0 Å². The molecule has 0 radical (unpaired) electrons. The Kier molecular flexibility index (Phi) is 32.6. The van der Waals surface area contributed by atoms with E-state index in [2.05, 4.69) is 38.2 Å². The zero-order valence-electron chi connectivity index (χ0n) is 27.8. The van der Waals surface area contributed by atoms with Crippen molar-refractivity contribution in [2.45, 2.75) is 187 Å². The quantitative estimate of drug-likeness (QED) is 0.0478. The Balaban J connectivity index is 3.59. The van der Waals surface area contributed by atoms with Gasteiger partial charge in [-0.1, -0.05) is 128 Å². The SMILES string of the molecule is CCCCCCC/C=C\CCCCCCCC(=O)OCC(CO)OC(=O)CCCCCCC/C=C\CCCCCCC. The molecule has 0 saturated carbocycles. The summed E-state index contributed by atoms with van der Waals surface area (Å²) in [5.41, 5.74) is 0. The van der Waals surface area contributed by atoms with Gasteiger partial charge < -0.3 is 14.6 Å². The summed E-state index contributed by atoms with van der Waals surface area (Å²) in [5, 5.41) is 9.51. The van der Waals surface area contributed by atoms with Gasteiger partial charge in [-0.2, -0.15) is 0 Å². The van der Waals surface area contributed by atoms with Gasteiger partial charge in [0.15, 0.2) is 6.10 Å². The Morgan fingerprint density at radius 1 is 0.524 bits per heavy atom. The maximum absolute atomic E-state index is 12.1. The van der Waals surface area contributed by atoms with E-state index in [9.17, 15) is 14.7 Å². The molecule has 246 valence electrons. The molecule has 0 aromatic carbocycles. The van der Waals surface area contributed by atoms with E-state index >= 15 is 0 Å². The molecule has 1 N–H and O–H groups in total. The molecule has 0 spiro atoms. The van der Waals surface area contributed by atoms with Crippen molar-refractivity contribution < 1.29 is 24.2 Å². The number of rotatable bonds is 32. The molecular formula is C37H68O5. The lowest BCUT2D eigenvalue weighted by Crippen LogP contribution is -2.28. The fraction of sp³-hybridized carbons (Fsp3) is 0.838. The van der Waals surface area contributed by atoms with Crippen LogP contribution in [-0.2, 0) is 19.1 Å². The van der Waals surface area contributed by atoms with Crippen molar-refractivity contribution >= 4 is 11.9 Å². The van der Waals surface area contributed by atoms with Crippen LogP contribution in [-0.4, -0.2) is 36.4 Å². The van der Waals surface area contributed by atoms with Crippen molar-refractivity contribution in [1.82, 2.24) is 0 Å². The summed E-state index contributed by atoms with van der Waals surface area (Å²) in [5.74, 6) is -0.609. The molecule has 0 aliphatic rings. The molecule has 0 fully saturated rings. The molecule has 0 heterocycles. The van der Waals surface area contributed by atoms with E-state index < -0.39 is 6.10 Å². The maximum Gasteiger partial charge on any atom is 0.306 e. The first-order valence-corrected chi connectivity index (χ1v) is 17.9. The molecule has 0 aliphatic carbocycles. The van der Waals surface area contributed by atoms with Gasteiger partial charge in [-0.25, -0.2) is 0 Å². The Hall–Kier alpha value is -1.62. The van der Waals surface area contributed by atoms with Crippen LogP contribution in [0.3, 0.4) is 0 Å². The van der Waals surface area contributed by atoms with Crippen LogP contribution in [0, 0.1) is 0 Å². The summed E-state index contributed by atoms with van der Waals surface area (Å²) in [7, 11) is 0. The number of aliphatic hydroxyl groups excluding tert-OH is 1. The largest absolute Gasteiger partial charge is 0.462 e. The van der Waals surface area contributed by atoms with Crippen molar-refractivity contribution in [3.05, 3.63) is 24.3 Å². The molecule has 1 atom stereocenters. The third-order valence-electron chi connectivity index (χ3n) is 7.72. The second kappa shape index (κ2) is 33.9. The zero-order chi connectivity index (χ0) is 30.8. The highest BCUT2D eigenvalue weighted by molar-refractivity contribution is 5.70. The van der Waals surface area contributed by atoms with E-state index in [4.69, 9.17) is 9.47 Å². The number of hydrogen-bond acceptors (Lipinski definition) is 5. The van der Waals surface area contributed by atoms with Gasteiger partial charge in [0.25, 0.3) is 0 Å². The van der Waals surface area contributed by atoms with Gasteiger partial charge in [0, 0.05) is 12.8 Å². The molecule has 1 unspecified atom stereocenters. The summed E-state index contributed by atoms with van der Waals surface area (Å²) in [4.78, 5) is 24.1. The smallest absolute Gasteiger partial charge is 0.306 e. The van der Waals surface area contributed by atoms with Gasteiger partial charge in [-0.15, -0.1) is 0 Å². The number of carbonyl (C=O) groups is 2. The molecule has 0 aromatic rings. The Bertz CT molecular complexity index is 642. The van der Waals surface area contributed by atoms with E-state index in [0.29, 0.717) is 12.8 Å². The average molecular weight is 593 g/mol. The maximum atomic E-state index is 12.1. The topological polar surface area (TPSA) is 72.8 Å². The van der Waals surface area contributed by atoms with E-state index in [0.717, 1.165) is 51.4 Å². The zero-order valence-corrected chi connectivity index (χ0v) is 27.8. The first-order valence-electron chi connectivity index (χ1n) is 17.9. The third kappa shape index (κ3) is 31.3. The van der Waals surface area contributed by atoms with Gasteiger partial charge in [0.2, 0.25) is 0 Å². The standard InChI is InChI=1S/C37H68O5/c1-3-5-7-9-11-13-15-17-19-21-23-25-27-29-31-36(39)41-34-35(33-38)42-37(40)32-30-28-26-24-22-20-18-16-14-12-10-8-6-4-2/h15-18,35,38H,3-14,19-34H2,1-2H3/b17-15-,18-16-. The fourth-order valence-electron chi connectivity index (χ4n) is 4.95. The van der Waals surface area contributed by atoms with E-state index in [-0.39, 0.29) is 25.2 Å². The summed E-state index contributed by atoms with van der Waals surface area (Å²) >= 11 is 0. The first-order chi connectivity index (χ1) is 20.6. The number of carbonyl (C=O) groups excluding carboxylic acids is 2. The van der Waals surface area contributed by atoms with Gasteiger partial charge in [0.05, 0.1) is 6.61 Å². The molecular weight excluding hydrogens is 524 g/mol. The van der Waals surface area contributed by atoms with Gasteiger partial charge in [0.1, 0.15) is 6.61 Å². The Morgan fingerprint density at radius 2 is 0.881 bits per heavy atom. The molecule has 0 aromatic heterocycles. The fourth-order valence-corrected chi connectivity index (χ4v) is 4.95. The second-order valence-electron chi connectivity index (χ2n) is 11.9. The molecule has 42 heavy (non-hydrogen) atoms. The van der Waals surface area contributed by atoms with Crippen LogP contribution in [0.25, 0.3) is 0 Å². The molecule has 0 saturated heterocycles. The van der Waals surface area contributed by atoms with Crippen molar-refractivity contribution in [1.29, 1.82) is 0 Å². The summed E-state index contributed by atoms with van der Waals surface area (Å²) < 4.78 is 10.6. The molecule has 0 bridgehead atoms. The number of esters is 2. The first kappa shape index (κ1) is 40.4. The van der Waals surface area contributed by atoms with Gasteiger partial charge in [-0.05, 0) is 64.2 Å². The minimum absolute atomic E-state index is 0.0712. The van der Waals surface area contributed by atoms with Crippen LogP contribution >= 0.6 is 0 Å². The number of aliphatic hydroxyl groups is 1. The minimum Gasteiger partial charge on any atom is -0.462 e. The summed E-state index contributed by atoms with van der Waals surface area (Å²) in [6, 6.07) is 0. The summed E-state index contributed by atoms with van der Waals surface area (Å²) in [6.45, 7) is 4.10. The average Bonchev–Trinajstić information content (AvgIpc) is 2.99. The highest BCUT2D eigenvalue weighted by Crippen LogP contribution is 2.12. The molecule has 5 heteroatoms. The van der Waals surface area contributed by atoms with Crippen molar-refractivity contribution in [3.63, 3.8) is 0 Å². The highest BCUT2D eigenvalue weighted by Gasteiger charge is 2.16. The van der Waals surface area contributed by atoms with Crippen molar-refractivity contribution in [2.75, 3.05) is 13.2 Å². The molecule has 0 aliphatic heterocycles.